The summed E-state index contributed by atoms with van der Waals surface area (Å²) in [6.45, 7) is 9.26. The number of aryl methyl sites for hydroxylation is 1. The van der Waals surface area contributed by atoms with Gasteiger partial charge in [0.25, 0.3) is 0 Å². The number of rotatable bonds is 3. The standard InChI is InChI=1S/C10H18OSi/c1-5-10-6-9(7-11-10)8-12(2,3)4/h6-7H,5,8H2,1-4H3. The Morgan fingerprint density at radius 2 is 2.00 bits per heavy atom. The van der Waals surface area contributed by atoms with E-state index in [-0.39, 0.29) is 0 Å². The third-order valence-corrected chi connectivity index (χ3v) is 3.26. The Morgan fingerprint density at radius 3 is 2.42 bits per heavy atom. The summed E-state index contributed by atoms with van der Waals surface area (Å²) in [5.74, 6) is 1.11. The maximum Gasteiger partial charge on any atom is 0.103 e. The van der Waals surface area contributed by atoms with Gasteiger partial charge in [0, 0.05) is 14.5 Å². The molecule has 12 heavy (non-hydrogen) atoms. The van der Waals surface area contributed by atoms with Crippen LogP contribution in [0.3, 0.4) is 0 Å². The quantitative estimate of drug-likeness (QED) is 0.654. The second-order valence-electron chi connectivity index (χ2n) is 4.51. The maximum atomic E-state index is 5.38. The Bertz CT molecular complexity index is 245. The first-order chi connectivity index (χ1) is 5.51. The van der Waals surface area contributed by atoms with Crippen LogP contribution in [0.4, 0.5) is 0 Å². The van der Waals surface area contributed by atoms with Gasteiger partial charge in [-0.1, -0.05) is 26.6 Å². The first kappa shape index (κ1) is 9.58. The zero-order chi connectivity index (χ0) is 9.19. The lowest BCUT2D eigenvalue weighted by molar-refractivity contribution is 0.514. The van der Waals surface area contributed by atoms with Crippen molar-refractivity contribution >= 4 is 8.07 Å². The van der Waals surface area contributed by atoms with Crippen LogP contribution in [0, 0.1) is 0 Å². The molecule has 0 fully saturated rings. The van der Waals surface area contributed by atoms with E-state index in [2.05, 4.69) is 32.6 Å². The molecular formula is C10H18OSi. The molecule has 0 saturated carbocycles. The summed E-state index contributed by atoms with van der Waals surface area (Å²) < 4.78 is 5.38. The highest BCUT2D eigenvalue weighted by Crippen LogP contribution is 2.14. The highest BCUT2D eigenvalue weighted by atomic mass is 28.3. The largest absolute Gasteiger partial charge is 0.469 e. The minimum atomic E-state index is -0.957. The second-order valence-corrected chi connectivity index (χ2v) is 9.99. The van der Waals surface area contributed by atoms with Gasteiger partial charge in [-0.25, -0.2) is 0 Å². The van der Waals surface area contributed by atoms with E-state index >= 15 is 0 Å². The first-order valence-electron chi connectivity index (χ1n) is 4.57. The van der Waals surface area contributed by atoms with Gasteiger partial charge in [0.05, 0.1) is 6.26 Å². The predicted octanol–water partition coefficient (Wildman–Crippen LogP) is 3.26. The molecule has 2 heteroatoms. The highest BCUT2D eigenvalue weighted by Gasteiger charge is 2.14. The molecule has 1 aromatic rings. The third-order valence-electron chi connectivity index (χ3n) is 1.79. The van der Waals surface area contributed by atoms with E-state index in [1.807, 2.05) is 6.26 Å². The van der Waals surface area contributed by atoms with Crippen molar-refractivity contribution in [1.82, 2.24) is 0 Å². The average molecular weight is 182 g/mol. The van der Waals surface area contributed by atoms with Crippen LogP contribution in [0.1, 0.15) is 18.2 Å². The van der Waals surface area contributed by atoms with Gasteiger partial charge in [-0.2, -0.15) is 0 Å². The summed E-state index contributed by atoms with van der Waals surface area (Å²) in [6, 6.07) is 3.43. The Hall–Kier alpha value is -0.503. The summed E-state index contributed by atoms with van der Waals surface area (Å²) in [5, 5.41) is 0. The van der Waals surface area contributed by atoms with E-state index in [0.717, 1.165) is 12.2 Å². The van der Waals surface area contributed by atoms with E-state index < -0.39 is 8.07 Å². The normalized spacial score (nSPS) is 12.0. The monoisotopic (exact) mass is 182 g/mol. The van der Waals surface area contributed by atoms with Crippen LogP contribution in [0.5, 0.6) is 0 Å². The molecule has 1 rings (SSSR count). The smallest absolute Gasteiger partial charge is 0.103 e. The topological polar surface area (TPSA) is 13.1 Å². The molecule has 1 heterocycles. The molecule has 0 aromatic carbocycles. The molecule has 1 nitrogen and oxygen atoms in total. The van der Waals surface area contributed by atoms with Gasteiger partial charge in [0.2, 0.25) is 0 Å². The van der Waals surface area contributed by atoms with Crippen LogP contribution in [-0.4, -0.2) is 8.07 Å². The Morgan fingerprint density at radius 1 is 1.33 bits per heavy atom. The fourth-order valence-corrected chi connectivity index (χ4v) is 2.73. The van der Waals surface area contributed by atoms with Crippen LogP contribution in [0.15, 0.2) is 16.7 Å². The van der Waals surface area contributed by atoms with Crippen LogP contribution in [0.25, 0.3) is 0 Å². The summed E-state index contributed by atoms with van der Waals surface area (Å²) in [4.78, 5) is 0. The molecule has 0 aliphatic heterocycles. The van der Waals surface area contributed by atoms with Crippen LogP contribution >= 0.6 is 0 Å². The zero-order valence-electron chi connectivity index (χ0n) is 8.48. The van der Waals surface area contributed by atoms with E-state index in [9.17, 15) is 0 Å². The van der Waals surface area contributed by atoms with Crippen molar-refractivity contribution in [1.29, 1.82) is 0 Å². The molecule has 0 N–H and O–H groups in total. The molecule has 0 atom stereocenters. The van der Waals surface area contributed by atoms with Crippen LogP contribution in [-0.2, 0) is 12.5 Å². The summed E-state index contributed by atoms with van der Waals surface area (Å²) in [6.07, 6.45) is 2.92. The van der Waals surface area contributed by atoms with Crippen molar-refractivity contribution in [3.05, 3.63) is 23.7 Å². The molecule has 0 aliphatic carbocycles. The molecule has 68 valence electrons. The Kier molecular flexibility index (Phi) is 2.78. The van der Waals surface area contributed by atoms with E-state index in [4.69, 9.17) is 4.42 Å². The van der Waals surface area contributed by atoms with Crippen LogP contribution in [0.2, 0.25) is 19.6 Å². The van der Waals surface area contributed by atoms with Gasteiger partial charge < -0.3 is 4.42 Å². The van der Waals surface area contributed by atoms with E-state index in [1.54, 1.807) is 0 Å². The minimum absolute atomic E-state index is 0.957. The van der Waals surface area contributed by atoms with Crippen molar-refractivity contribution < 1.29 is 4.42 Å². The summed E-state index contributed by atoms with van der Waals surface area (Å²) >= 11 is 0. The van der Waals surface area contributed by atoms with Crippen LogP contribution < -0.4 is 0 Å². The van der Waals surface area contributed by atoms with Crippen molar-refractivity contribution in [2.75, 3.05) is 0 Å². The van der Waals surface area contributed by atoms with Gasteiger partial charge in [-0.15, -0.1) is 0 Å². The molecule has 0 radical (unpaired) electrons. The lowest BCUT2D eigenvalue weighted by atomic mass is 10.3. The third kappa shape index (κ3) is 2.86. The van der Waals surface area contributed by atoms with E-state index in [1.165, 1.54) is 11.6 Å². The first-order valence-corrected chi connectivity index (χ1v) is 8.28. The van der Waals surface area contributed by atoms with Crippen molar-refractivity contribution in [2.45, 2.75) is 39.0 Å². The molecule has 0 aliphatic rings. The zero-order valence-corrected chi connectivity index (χ0v) is 9.48. The average Bonchev–Trinajstić information content (AvgIpc) is 2.32. The Labute approximate surface area is 75.8 Å². The molecule has 1 aromatic heterocycles. The molecule has 0 unspecified atom stereocenters. The molecule has 0 amide bonds. The molecule has 0 saturated heterocycles. The van der Waals surface area contributed by atoms with Gasteiger partial charge >= 0.3 is 0 Å². The fourth-order valence-electron chi connectivity index (χ4n) is 1.32. The molecular weight excluding hydrogens is 164 g/mol. The van der Waals surface area contributed by atoms with Gasteiger partial charge in [-0.05, 0) is 17.7 Å². The summed E-state index contributed by atoms with van der Waals surface area (Å²) in [5.41, 5.74) is 1.38. The minimum Gasteiger partial charge on any atom is -0.469 e. The fraction of sp³-hybridized carbons (Fsp3) is 0.600. The SMILES string of the molecule is CCc1cc(C[Si](C)(C)C)co1. The second kappa shape index (κ2) is 3.48. The lowest BCUT2D eigenvalue weighted by Crippen LogP contribution is -2.23. The maximum absolute atomic E-state index is 5.38. The Balaban J connectivity index is 2.64. The predicted molar refractivity (Wildman–Crippen MR) is 55.1 cm³/mol. The molecule has 0 spiro atoms. The molecule has 0 bridgehead atoms. The lowest BCUT2D eigenvalue weighted by Gasteiger charge is -2.13. The van der Waals surface area contributed by atoms with E-state index in [0.29, 0.717) is 0 Å². The van der Waals surface area contributed by atoms with Crippen molar-refractivity contribution in [2.24, 2.45) is 0 Å². The van der Waals surface area contributed by atoms with Gasteiger partial charge in [-0.3, -0.25) is 0 Å². The van der Waals surface area contributed by atoms with Crippen molar-refractivity contribution in [3.63, 3.8) is 0 Å². The highest BCUT2D eigenvalue weighted by molar-refractivity contribution is 6.75. The number of hydrogen-bond acceptors (Lipinski definition) is 1. The van der Waals surface area contributed by atoms with Gasteiger partial charge in [0.15, 0.2) is 0 Å². The van der Waals surface area contributed by atoms with Gasteiger partial charge in [0.1, 0.15) is 5.76 Å². The number of hydrogen-bond donors (Lipinski definition) is 0. The summed E-state index contributed by atoms with van der Waals surface area (Å²) in [7, 11) is -0.957. The number of furan rings is 1. The van der Waals surface area contributed by atoms with Crippen molar-refractivity contribution in [3.8, 4) is 0 Å².